The Hall–Kier alpha value is -2.54. The third-order valence-electron chi connectivity index (χ3n) is 3.15. The number of aromatic nitrogens is 5. The molecule has 0 atom stereocenters. The van der Waals surface area contributed by atoms with Gasteiger partial charge in [0.25, 0.3) is 5.78 Å². The van der Waals surface area contributed by atoms with E-state index in [2.05, 4.69) is 20.1 Å². The number of esters is 1. The maximum absolute atomic E-state index is 11.9. The van der Waals surface area contributed by atoms with E-state index in [9.17, 15) is 4.79 Å². The fourth-order valence-corrected chi connectivity index (χ4v) is 2.23. The molecule has 0 fully saturated rings. The van der Waals surface area contributed by atoms with E-state index < -0.39 is 5.97 Å². The molecule has 0 aromatic carbocycles. The van der Waals surface area contributed by atoms with Gasteiger partial charge in [0.15, 0.2) is 5.82 Å². The quantitative estimate of drug-likeness (QED) is 0.537. The van der Waals surface area contributed by atoms with Gasteiger partial charge in [0.05, 0.1) is 0 Å². The summed E-state index contributed by atoms with van der Waals surface area (Å²) in [5, 5.41) is 4.67. The van der Waals surface area contributed by atoms with Crippen LogP contribution in [0, 0.1) is 13.8 Å². The average molecular weight is 332 g/mol. The predicted molar refractivity (Wildman–Crippen MR) is 83.0 cm³/mol. The Labute approximate surface area is 137 Å². The Morgan fingerprint density at radius 3 is 2.87 bits per heavy atom. The highest BCUT2D eigenvalue weighted by molar-refractivity contribution is 6.29. The Balaban J connectivity index is 1.65. The highest BCUT2D eigenvalue weighted by Crippen LogP contribution is 2.08. The Bertz CT molecular complexity index is 860. The second-order valence-corrected chi connectivity index (χ2v) is 5.49. The molecule has 0 N–H and O–H groups in total. The minimum Gasteiger partial charge on any atom is -0.460 e. The third-order valence-corrected chi connectivity index (χ3v) is 3.38. The Kier molecular flexibility index (Phi) is 4.20. The summed E-state index contributed by atoms with van der Waals surface area (Å²) in [6, 6.07) is 5.30. The van der Waals surface area contributed by atoms with Crippen molar-refractivity contribution in [2.24, 2.45) is 0 Å². The van der Waals surface area contributed by atoms with Crippen molar-refractivity contribution >= 4 is 23.3 Å². The summed E-state index contributed by atoms with van der Waals surface area (Å²) in [5.41, 5.74) is 2.53. The van der Waals surface area contributed by atoms with Gasteiger partial charge < -0.3 is 4.74 Å². The molecule has 0 aliphatic heterocycles. The van der Waals surface area contributed by atoms with Gasteiger partial charge in [-0.2, -0.15) is 4.98 Å². The number of hydrogen-bond acceptors (Lipinski definition) is 6. The minimum absolute atomic E-state index is 0.0110. The van der Waals surface area contributed by atoms with Gasteiger partial charge in [0.1, 0.15) is 18.2 Å². The molecule has 0 saturated carbocycles. The van der Waals surface area contributed by atoms with E-state index in [4.69, 9.17) is 16.3 Å². The summed E-state index contributed by atoms with van der Waals surface area (Å²) in [7, 11) is 0. The SMILES string of the molecule is Cc1cc(C)n2nc(CC(=O)OCc3ccc(Cl)nc3)nc2n1. The number of rotatable bonds is 4. The van der Waals surface area contributed by atoms with E-state index >= 15 is 0 Å². The Morgan fingerprint density at radius 1 is 1.30 bits per heavy atom. The van der Waals surface area contributed by atoms with Crippen LogP contribution in [0.1, 0.15) is 22.8 Å². The van der Waals surface area contributed by atoms with Gasteiger partial charge in [0, 0.05) is 23.1 Å². The van der Waals surface area contributed by atoms with Crippen LogP contribution >= 0.6 is 11.6 Å². The molecule has 8 heteroatoms. The van der Waals surface area contributed by atoms with E-state index in [0.717, 1.165) is 17.0 Å². The minimum atomic E-state index is -0.412. The number of fused-ring (bicyclic) bond motifs is 1. The predicted octanol–water partition coefficient (Wildman–Crippen LogP) is 2.08. The van der Waals surface area contributed by atoms with E-state index in [1.165, 1.54) is 0 Å². The van der Waals surface area contributed by atoms with Crippen LogP contribution in [0.5, 0.6) is 0 Å². The molecule has 118 valence electrons. The van der Waals surface area contributed by atoms with Gasteiger partial charge in [0.2, 0.25) is 0 Å². The maximum atomic E-state index is 11.9. The molecule has 7 nitrogen and oxygen atoms in total. The van der Waals surface area contributed by atoms with Gasteiger partial charge in [-0.15, -0.1) is 5.10 Å². The van der Waals surface area contributed by atoms with Crippen molar-refractivity contribution in [3.8, 4) is 0 Å². The molecule has 3 rings (SSSR count). The van der Waals surface area contributed by atoms with Gasteiger partial charge in [-0.25, -0.2) is 14.5 Å². The maximum Gasteiger partial charge on any atom is 0.313 e. The average Bonchev–Trinajstić information content (AvgIpc) is 2.89. The van der Waals surface area contributed by atoms with E-state index in [1.807, 2.05) is 19.9 Å². The number of halogens is 1. The van der Waals surface area contributed by atoms with Crippen molar-refractivity contribution in [3.05, 3.63) is 52.3 Å². The van der Waals surface area contributed by atoms with Crippen molar-refractivity contribution in [1.29, 1.82) is 0 Å². The number of pyridine rings is 1. The summed E-state index contributed by atoms with van der Waals surface area (Å²) >= 11 is 5.70. The van der Waals surface area contributed by atoms with Crippen LogP contribution in [-0.2, 0) is 22.6 Å². The zero-order valence-corrected chi connectivity index (χ0v) is 13.4. The van der Waals surface area contributed by atoms with Crippen LogP contribution in [0.3, 0.4) is 0 Å². The first-order valence-electron chi connectivity index (χ1n) is 6.97. The number of aryl methyl sites for hydroxylation is 2. The van der Waals surface area contributed by atoms with Gasteiger partial charge >= 0.3 is 5.97 Å². The largest absolute Gasteiger partial charge is 0.460 e. The van der Waals surface area contributed by atoms with Crippen LogP contribution in [-0.4, -0.2) is 30.5 Å². The number of ether oxygens (including phenoxy) is 1. The van der Waals surface area contributed by atoms with Crippen LogP contribution in [0.4, 0.5) is 0 Å². The van der Waals surface area contributed by atoms with Crippen LogP contribution in [0.25, 0.3) is 5.78 Å². The van der Waals surface area contributed by atoms with Crippen molar-refractivity contribution in [3.63, 3.8) is 0 Å². The molecule has 3 aromatic heterocycles. The van der Waals surface area contributed by atoms with Crippen LogP contribution in [0.2, 0.25) is 5.15 Å². The van der Waals surface area contributed by atoms with Crippen molar-refractivity contribution in [2.75, 3.05) is 0 Å². The number of carbonyl (C=O) groups excluding carboxylic acids is 1. The molecule has 0 saturated heterocycles. The molecular formula is C15H14ClN5O2. The molecule has 3 heterocycles. The molecule has 0 amide bonds. The highest BCUT2D eigenvalue weighted by atomic mass is 35.5. The monoisotopic (exact) mass is 331 g/mol. The summed E-state index contributed by atoms with van der Waals surface area (Å²) in [6.07, 6.45) is 1.55. The van der Waals surface area contributed by atoms with Crippen molar-refractivity contribution in [1.82, 2.24) is 24.6 Å². The Morgan fingerprint density at radius 2 is 2.13 bits per heavy atom. The first-order chi connectivity index (χ1) is 11.0. The molecular weight excluding hydrogens is 318 g/mol. The first kappa shape index (κ1) is 15.4. The smallest absolute Gasteiger partial charge is 0.313 e. The second-order valence-electron chi connectivity index (χ2n) is 5.11. The lowest BCUT2D eigenvalue weighted by Gasteiger charge is -2.03. The van der Waals surface area contributed by atoms with Crippen molar-refractivity contribution < 1.29 is 9.53 Å². The zero-order valence-electron chi connectivity index (χ0n) is 12.7. The lowest BCUT2D eigenvalue weighted by Crippen LogP contribution is -2.09. The number of nitrogens with zero attached hydrogens (tertiary/aromatic N) is 5. The lowest BCUT2D eigenvalue weighted by atomic mass is 10.3. The second kappa shape index (κ2) is 6.29. The van der Waals surface area contributed by atoms with Crippen LogP contribution in [0.15, 0.2) is 24.4 Å². The fourth-order valence-electron chi connectivity index (χ4n) is 2.12. The molecule has 3 aromatic rings. The third kappa shape index (κ3) is 3.62. The number of hydrogen-bond donors (Lipinski definition) is 0. The molecule has 23 heavy (non-hydrogen) atoms. The standard InChI is InChI=1S/C15H14ClN5O2/c1-9-5-10(2)21-15(18-9)19-13(20-21)6-14(22)23-8-11-3-4-12(16)17-7-11/h3-5,7H,6,8H2,1-2H3. The lowest BCUT2D eigenvalue weighted by molar-refractivity contribution is -0.144. The molecule has 0 unspecified atom stereocenters. The van der Waals surface area contributed by atoms with E-state index in [-0.39, 0.29) is 13.0 Å². The zero-order chi connectivity index (χ0) is 16.4. The van der Waals surface area contributed by atoms with E-state index in [1.54, 1.807) is 22.8 Å². The summed E-state index contributed by atoms with van der Waals surface area (Å²) < 4.78 is 6.80. The molecule has 0 aliphatic carbocycles. The highest BCUT2D eigenvalue weighted by Gasteiger charge is 2.13. The summed E-state index contributed by atoms with van der Waals surface area (Å²) in [5.74, 6) is 0.447. The van der Waals surface area contributed by atoms with Crippen molar-refractivity contribution in [2.45, 2.75) is 26.9 Å². The molecule has 0 radical (unpaired) electrons. The normalized spacial score (nSPS) is 10.9. The first-order valence-corrected chi connectivity index (χ1v) is 7.35. The summed E-state index contributed by atoms with van der Waals surface area (Å²) in [6.45, 7) is 3.93. The molecule has 0 spiro atoms. The molecule has 0 aliphatic rings. The number of carbonyl (C=O) groups is 1. The van der Waals surface area contributed by atoms with E-state index in [0.29, 0.717) is 16.8 Å². The topological polar surface area (TPSA) is 82.3 Å². The summed E-state index contributed by atoms with van der Waals surface area (Å²) in [4.78, 5) is 24.4. The molecule has 0 bridgehead atoms. The van der Waals surface area contributed by atoms with Gasteiger partial charge in [-0.3, -0.25) is 4.79 Å². The van der Waals surface area contributed by atoms with Gasteiger partial charge in [-0.1, -0.05) is 17.7 Å². The van der Waals surface area contributed by atoms with Gasteiger partial charge in [-0.05, 0) is 26.0 Å². The fraction of sp³-hybridized carbons (Fsp3) is 0.267. The van der Waals surface area contributed by atoms with Crippen LogP contribution < -0.4 is 0 Å².